The van der Waals surface area contributed by atoms with Gasteiger partial charge >= 0.3 is 0 Å². The van der Waals surface area contributed by atoms with E-state index < -0.39 is 50.7 Å². The van der Waals surface area contributed by atoms with Gasteiger partial charge in [0.1, 0.15) is 17.8 Å². The molecular formula is C19H27F2N7O4S2. The third kappa shape index (κ3) is 4.06. The molecule has 2 aliphatic heterocycles. The molecule has 34 heavy (non-hydrogen) atoms. The predicted molar refractivity (Wildman–Crippen MR) is 121 cm³/mol. The quantitative estimate of drug-likeness (QED) is 0.588. The molecule has 1 atom stereocenters. The minimum Gasteiger partial charge on any atom is -0.353 e. The number of fused-ring (bicyclic) bond motifs is 1. The lowest BCUT2D eigenvalue weighted by Crippen LogP contribution is -2.60. The summed E-state index contributed by atoms with van der Waals surface area (Å²) in [5.74, 6) is -2.46. The van der Waals surface area contributed by atoms with Crippen LogP contribution >= 0.6 is 0 Å². The van der Waals surface area contributed by atoms with Crippen LogP contribution < -0.4 is 4.90 Å². The molecule has 1 saturated carbocycles. The second-order valence-corrected chi connectivity index (χ2v) is 13.4. The summed E-state index contributed by atoms with van der Waals surface area (Å²) in [4.78, 5) is 13.7. The van der Waals surface area contributed by atoms with Gasteiger partial charge < -0.3 is 9.88 Å². The number of halogens is 2. The van der Waals surface area contributed by atoms with Gasteiger partial charge in [-0.1, -0.05) is 0 Å². The van der Waals surface area contributed by atoms with E-state index in [-0.39, 0.29) is 13.1 Å². The van der Waals surface area contributed by atoms with Crippen LogP contribution in [0.4, 0.5) is 14.6 Å². The standard InChI is InChI=1S/C19H27F2N7O4S2/c1-25(10-14-9-19(20,21)12-27(14)33(2,29)30)34(31,32)28-8-7-26(11-18(28)4-5-18)17-15-3-6-22-16(15)23-13-24-17/h3,6,13-14H,4-5,7-12H2,1-2H3,(H,22,23,24). The van der Waals surface area contributed by atoms with Crippen LogP contribution in [-0.4, -0.2) is 108 Å². The van der Waals surface area contributed by atoms with Crippen LogP contribution in [0.3, 0.4) is 0 Å². The number of nitrogens with one attached hydrogen (secondary N) is 1. The van der Waals surface area contributed by atoms with Crippen molar-refractivity contribution in [3.8, 4) is 0 Å². The highest BCUT2D eigenvalue weighted by Crippen LogP contribution is 2.47. The van der Waals surface area contributed by atoms with E-state index in [0.29, 0.717) is 35.9 Å². The lowest BCUT2D eigenvalue weighted by atomic mass is 10.2. The molecule has 4 heterocycles. The van der Waals surface area contributed by atoms with Crippen molar-refractivity contribution in [3.63, 3.8) is 0 Å². The van der Waals surface area contributed by atoms with E-state index in [1.807, 2.05) is 6.07 Å². The van der Waals surface area contributed by atoms with Gasteiger partial charge in [-0.3, -0.25) is 0 Å². The highest BCUT2D eigenvalue weighted by atomic mass is 32.2. The second-order valence-electron chi connectivity index (χ2n) is 9.47. The molecule has 188 valence electrons. The zero-order valence-electron chi connectivity index (χ0n) is 18.9. The van der Waals surface area contributed by atoms with Gasteiger partial charge in [-0.05, 0) is 18.9 Å². The Labute approximate surface area is 197 Å². The number of hydrogen-bond donors (Lipinski definition) is 1. The first-order valence-corrected chi connectivity index (χ1v) is 14.2. The number of H-pyrrole nitrogens is 1. The van der Waals surface area contributed by atoms with Crippen LogP contribution in [0.2, 0.25) is 0 Å². The number of anilines is 1. The SMILES string of the molecule is CN(CC1CC(F)(F)CN1S(C)(=O)=O)S(=O)(=O)N1CCN(c2ncnc3[nH]ccc23)CC12CC2. The largest absolute Gasteiger partial charge is 0.353 e. The van der Waals surface area contributed by atoms with Crippen LogP contribution in [0.1, 0.15) is 19.3 Å². The highest BCUT2D eigenvalue weighted by Gasteiger charge is 2.57. The Morgan fingerprint density at radius 1 is 1.18 bits per heavy atom. The smallest absolute Gasteiger partial charge is 0.282 e. The molecule has 3 fully saturated rings. The summed E-state index contributed by atoms with van der Waals surface area (Å²) in [6.45, 7) is -0.201. The molecule has 1 spiro atoms. The maximum atomic E-state index is 14.0. The number of piperazine rings is 1. The lowest BCUT2D eigenvalue weighted by Gasteiger charge is -2.43. The summed E-state index contributed by atoms with van der Waals surface area (Å²) in [5, 5.41) is 0.856. The van der Waals surface area contributed by atoms with Gasteiger partial charge in [-0.15, -0.1) is 0 Å². The summed E-state index contributed by atoms with van der Waals surface area (Å²) in [5.41, 5.74) is 0.100. The normalized spacial score (nSPS) is 25.6. The lowest BCUT2D eigenvalue weighted by molar-refractivity contribution is 0.0169. The molecule has 2 aromatic heterocycles. The van der Waals surface area contributed by atoms with Gasteiger partial charge in [0.15, 0.2) is 0 Å². The van der Waals surface area contributed by atoms with Gasteiger partial charge in [0.2, 0.25) is 10.0 Å². The summed E-state index contributed by atoms with van der Waals surface area (Å²) in [6, 6.07) is 0.760. The van der Waals surface area contributed by atoms with Gasteiger partial charge in [0.05, 0.1) is 23.7 Å². The van der Waals surface area contributed by atoms with Crippen molar-refractivity contribution in [1.82, 2.24) is 27.9 Å². The Balaban J connectivity index is 1.34. The molecule has 0 radical (unpaired) electrons. The van der Waals surface area contributed by atoms with Crippen LogP contribution in [0.15, 0.2) is 18.6 Å². The van der Waals surface area contributed by atoms with Crippen molar-refractivity contribution < 1.29 is 25.6 Å². The second kappa shape index (κ2) is 7.78. The Morgan fingerprint density at radius 3 is 2.59 bits per heavy atom. The number of hydrogen-bond acceptors (Lipinski definition) is 7. The Bertz CT molecular complexity index is 1310. The molecule has 0 bridgehead atoms. The third-order valence-electron chi connectivity index (χ3n) is 6.94. The number of sulfonamides is 1. The Morgan fingerprint density at radius 2 is 1.91 bits per heavy atom. The van der Waals surface area contributed by atoms with Crippen molar-refractivity contribution in [2.75, 3.05) is 50.9 Å². The average molecular weight is 520 g/mol. The summed E-state index contributed by atoms with van der Waals surface area (Å²) >= 11 is 0. The Kier molecular flexibility index (Phi) is 5.44. The molecular weight excluding hydrogens is 492 g/mol. The fourth-order valence-electron chi connectivity index (χ4n) is 5.14. The number of nitrogens with zero attached hydrogens (tertiary/aromatic N) is 6. The molecule has 3 aliphatic rings. The first kappa shape index (κ1) is 23.8. The molecule has 1 N–H and O–H groups in total. The molecule has 1 aliphatic carbocycles. The van der Waals surface area contributed by atoms with Gasteiger partial charge in [0, 0.05) is 51.9 Å². The number of rotatable bonds is 6. The maximum absolute atomic E-state index is 14.0. The maximum Gasteiger partial charge on any atom is 0.282 e. The minimum absolute atomic E-state index is 0.208. The van der Waals surface area contributed by atoms with Gasteiger partial charge in [0.25, 0.3) is 16.1 Å². The summed E-state index contributed by atoms with van der Waals surface area (Å²) < 4.78 is 82.2. The van der Waals surface area contributed by atoms with Crippen LogP contribution in [0.5, 0.6) is 0 Å². The molecule has 0 aromatic carbocycles. The van der Waals surface area contributed by atoms with E-state index in [1.54, 1.807) is 6.20 Å². The van der Waals surface area contributed by atoms with Crippen molar-refractivity contribution in [2.45, 2.75) is 36.8 Å². The first-order valence-electron chi connectivity index (χ1n) is 10.9. The number of aromatic amines is 1. The number of alkyl halides is 2. The fourth-order valence-corrected chi connectivity index (χ4v) is 7.98. The highest BCUT2D eigenvalue weighted by molar-refractivity contribution is 7.88. The molecule has 11 nitrogen and oxygen atoms in total. The molecule has 15 heteroatoms. The van der Waals surface area contributed by atoms with Crippen molar-refractivity contribution >= 4 is 37.1 Å². The van der Waals surface area contributed by atoms with E-state index in [4.69, 9.17) is 0 Å². The average Bonchev–Trinajstić information content (AvgIpc) is 3.18. The summed E-state index contributed by atoms with van der Waals surface area (Å²) in [7, 11) is -6.58. The molecule has 1 unspecified atom stereocenters. The fraction of sp³-hybridized carbons (Fsp3) is 0.684. The number of aromatic nitrogens is 3. The van der Waals surface area contributed by atoms with Gasteiger partial charge in [-0.2, -0.15) is 21.3 Å². The summed E-state index contributed by atoms with van der Waals surface area (Å²) in [6.07, 6.45) is 4.75. The zero-order chi connectivity index (χ0) is 24.5. The van der Waals surface area contributed by atoms with E-state index in [2.05, 4.69) is 19.9 Å². The monoisotopic (exact) mass is 519 g/mol. The minimum atomic E-state index is -4.00. The van der Waals surface area contributed by atoms with Crippen molar-refractivity contribution in [2.24, 2.45) is 0 Å². The zero-order valence-corrected chi connectivity index (χ0v) is 20.5. The van der Waals surface area contributed by atoms with Crippen molar-refractivity contribution in [3.05, 3.63) is 18.6 Å². The Hall–Kier alpha value is -1.94. The molecule has 2 aromatic rings. The van der Waals surface area contributed by atoms with Gasteiger partial charge in [-0.25, -0.2) is 27.2 Å². The molecule has 5 rings (SSSR count). The predicted octanol–water partition coefficient (Wildman–Crippen LogP) is 0.458. The van der Waals surface area contributed by atoms with E-state index in [0.717, 1.165) is 21.8 Å². The first-order chi connectivity index (χ1) is 15.8. The van der Waals surface area contributed by atoms with Crippen LogP contribution in [-0.2, 0) is 20.2 Å². The van der Waals surface area contributed by atoms with Crippen molar-refractivity contribution in [1.29, 1.82) is 0 Å². The van der Waals surface area contributed by atoms with Crippen LogP contribution in [0.25, 0.3) is 11.0 Å². The van der Waals surface area contributed by atoms with E-state index in [9.17, 15) is 25.6 Å². The topological polar surface area (TPSA) is 123 Å². The van der Waals surface area contributed by atoms with Crippen LogP contribution in [0, 0.1) is 0 Å². The van der Waals surface area contributed by atoms with E-state index >= 15 is 0 Å². The van der Waals surface area contributed by atoms with E-state index in [1.165, 1.54) is 17.7 Å². The third-order valence-corrected chi connectivity index (χ3v) is 10.3. The molecule has 0 amide bonds. The number of likely N-dealkylation sites (N-methyl/N-ethyl adjacent to an activating group) is 1. The molecule has 2 saturated heterocycles.